The van der Waals surface area contributed by atoms with Crippen molar-refractivity contribution in [2.24, 2.45) is 11.5 Å². The molecular formula is C12H20N4O8. The molecule has 0 aliphatic heterocycles. The molecule has 3 amide bonds. The number of hydrogen-bond donors (Lipinski definition) is 7. The summed E-state index contributed by atoms with van der Waals surface area (Å²) in [4.78, 5) is 55.9. The number of aliphatic carboxylic acids is 2. The summed E-state index contributed by atoms with van der Waals surface area (Å²) in [6.45, 7) is -0.906. The predicted molar refractivity (Wildman–Crippen MR) is 77.2 cm³/mol. The summed E-state index contributed by atoms with van der Waals surface area (Å²) in [7, 11) is 0. The molecule has 0 rings (SSSR count). The van der Waals surface area contributed by atoms with Gasteiger partial charge >= 0.3 is 11.9 Å². The number of carboxylic acid groups (broad SMARTS) is 2. The van der Waals surface area contributed by atoms with Gasteiger partial charge in [0.05, 0.1) is 19.1 Å². The van der Waals surface area contributed by atoms with Crippen LogP contribution in [0.4, 0.5) is 0 Å². The first-order valence-corrected chi connectivity index (χ1v) is 6.78. The molecule has 0 aromatic heterocycles. The van der Waals surface area contributed by atoms with Crippen molar-refractivity contribution < 1.29 is 39.3 Å². The van der Waals surface area contributed by atoms with Crippen molar-refractivity contribution in [2.75, 3.05) is 6.61 Å². The Bertz CT molecular complexity index is 509. The topological polar surface area (TPSA) is 222 Å². The lowest BCUT2D eigenvalue weighted by Crippen LogP contribution is -2.56. The molecule has 0 fully saturated rings. The van der Waals surface area contributed by atoms with Crippen LogP contribution in [0.25, 0.3) is 0 Å². The van der Waals surface area contributed by atoms with E-state index in [0.29, 0.717) is 0 Å². The SMILES string of the molecule is NC(=O)CC(NC(=O)C(N)CCC(=O)O)C(=O)NC(CO)C(=O)O. The van der Waals surface area contributed by atoms with Crippen LogP contribution in [-0.4, -0.2) is 69.7 Å². The molecule has 136 valence electrons. The zero-order valence-electron chi connectivity index (χ0n) is 12.6. The van der Waals surface area contributed by atoms with Crippen LogP contribution in [0.15, 0.2) is 0 Å². The highest BCUT2D eigenvalue weighted by Crippen LogP contribution is 1.99. The second-order valence-corrected chi connectivity index (χ2v) is 4.85. The molecular weight excluding hydrogens is 328 g/mol. The highest BCUT2D eigenvalue weighted by Gasteiger charge is 2.28. The van der Waals surface area contributed by atoms with Gasteiger partial charge in [-0.15, -0.1) is 0 Å². The van der Waals surface area contributed by atoms with Gasteiger partial charge in [0.15, 0.2) is 0 Å². The maximum Gasteiger partial charge on any atom is 0.328 e. The molecule has 0 saturated heterocycles. The Balaban J connectivity index is 4.90. The van der Waals surface area contributed by atoms with Crippen molar-refractivity contribution in [1.29, 1.82) is 0 Å². The number of nitrogens with one attached hydrogen (secondary N) is 2. The standard InChI is InChI=1S/C12H20N4O8/c13-5(1-2-9(19)20)10(21)15-6(3-8(14)18)11(22)16-7(4-17)12(23)24/h5-7,17H,1-4,13H2,(H2,14,18)(H,15,21)(H,16,22)(H,19,20)(H,23,24). The van der Waals surface area contributed by atoms with Gasteiger partial charge in [0.1, 0.15) is 12.1 Å². The predicted octanol–water partition coefficient (Wildman–Crippen LogP) is -3.90. The average molecular weight is 348 g/mol. The van der Waals surface area contributed by atoms with Crippen LogP contribution in [0.3, 0.4) is 0 Å². The molecule has 3 unspecified atom stereocenters. The molecule has 12 nitrogen and oxygen atoms in total. The normalized spacial score (nSPS) is 14.1. The molecule has 24 heavy (non-hydrogen) atoms. The third kappa shape index (κ3) is 8.05. The summed E-state index contributed by atoms with van der Waals surface area (Å²) < 4.78 is 0. The minimum absolute atomic E-state index is 0.208. The van der Waals surface area contributed by atoms with Crippen LogP contribution < -0.4 is 22.1 Å². The van der Waals surface area contributed by atoms with Gasteiger partial charge in [0.2, 0.25) is 17.7 Å². The molecule has 0 aromatic carbocycles. The fourth-order valence-corrected chi connectivity index (χ4v) is 1.56. The molecule has 9 N–H and O–H groups in total. The Morgan fingerprint density at radius 2 is 1.50 bits per heavy atom. The fourth-order valence-electron chi connectivity index (χ4n) is 1.56. The maximum atomic E-state index is 11.9. The summed E-state index contributed by atoms with van der Waals surface area (Å²) in [5.41, 5.74) is 10.4. The van der Waals surface area contributed by atoms with E-state index in [9.17, 15) is 24.0 Å². The molecule has 0 radical (unpaired) electrons. The number of aliphatic hydroxyl groups is 1. The quantitative estimate of drug-likeness (QED) is 0.193. The Morgan fingerprint density at radius 3 is 1.92 bits per heavy atom. The van der Waals surface area contributed by atoms with Gasteiger partial charge < -0.3 is 37.4 Å². The molecule has 0 saturated carbocycles. The molecule has 0 aromatic rings. The Hall–Kier alpha value is -2.73. The van der Waals surface area contributed by atoms with E-state index in [-0.39, 0.29) is 12.8 Å². The van der Waals surface area contributed by atoms with Crippen molar-refractivity contribution in [2.45, 2.75) is 37.4 Å². The lowest BCUT2D eigenvalue weighted by Gasteiger charge is -2.21. The van der Waals surface area contributed by atoms with Gasteiger partial charge in [-0.1, -0.05) is 0 Å². The van der Waals surface area contributed by atoms with Crippen molar-refractivity contribution >= 4 is 29.7 Å². The van der Waals surface area contributed by atoms with Crippen molar-refractivity contribution in [1.82, 2.24) is 10.6 Å². The number of rotatable bonds is 11. The monoisotopic (exact) mass is 348 g/mol. The maximum absolute atomic E-state index is 11.9. The van der Waals surface area contributed by atoms with Gasteiger partial charge in [0.25, 0.3) is 0 Å². The lowest BCUT2D eigenvalue weighted by atomic mass is 10.1. The fraction of sp³-hybridized carbons (Fsp3) is 0.583. The third-order valence-electron chi connectivity index (χ3n) is 2.84. The number of carboxylic acids is 2. The number of hydrogen-bond acceptors (Lipinski definition) is 7. The van der Waals surface area contributed by atoms with Crippen LogP contribution in [0.2, 0.25) is 0 Å². The van der Waals surface area contributed by atoms with E-state index >= 15 is 0 Å². The van der Waals surface area contributed by atoms with E-state index in [4.69, 9.17) is 26.8 Å². The molecule has 0 bridgehead atoms. The number of amides is 3. The minimum Gasteiger partial charge on any atom is -0.481 e. The molecule has 3 atom stereocenters. The number of primary amides is 1. The highest BCUT2D eigenvalue weighted by atomic mass is 16.4. The van der Waals surface area contributed by atoms with E-state index in [0.717, 1.165) is 0 Å². The molecule has 0 spiro atoms. The summed E-state index contributed by atoms with van der Waals surface area (Å²) in [5.74, 6) is -5.61. The average Bonchev–Trinajstić information content (AvgIpc) is 2.48. The molecule has 12 heteroatoms. The number of aliphatic hydroxyl groups excluding tert-OH is 1. The zero-order chi connectivity index (χ0) is 18.9. The van der Waals surface area contributed by atoms with Crippen molar-refractivity contribution in [3.63, 3.8) is 0 Å². The number of nitrogens with two attached hydrogens (primary N) is 2. The van der Waals surface area contributed by atoms with Gasteiger partial charge in [-0.25, -0.2) is 4.79 Å². The lowest BCUT2D eigenvalue weighted by molar-refractivity contribution is -0.143. The second-order valence-electron chi connectivity index (χ2n) is 4.85. The van der Waals surface area contributed by atoms with Crippen LogP contribution in [0.1, 0.15) is 19.3 Å². The first-order chi connectivity index (χ1) is 11.1. The summed E-state index contributed by atoms with van der Waals surface area (Å²) in [6, 6.07) is -4.40. The smallest absolute Gasteiger partial charge is 0.328 e. The van der Waals surface area contributed by atoms with Crippen LogP contribution in [0.5, 0.6) is 0 Å². The highest BCUT2D eigenvalue weighted by molar-refractivity contribution is 5.94. The minimum atomic E-state index is -1.63. The van der Waals surface area contributed by atoms with E-state index in [1.54, 1.807) is 0 Å². The third-order valence-corrected chi connectivity index (χ3v) is 2.84. The zero-order valence-corrected chi connectivity index (χ0v) is 12.6. The molecule has 0 heterocycles. The van der Waals surface area contributed by atoms with Crippen LogP contribution in [0, 0.1) is 0 Å². The first-order valence-electron chi connectivity index (χ1n) is 6.78. The van der Waals surface area contributed by atoms with Gasteiger partial charge in [0, 0.05) is 6.42 Å². The first kappa shape index (κ1) is 21.3. The summed E-state index contributed by atoms with van der Waals surface area (Å²) >= 11 is 0. The largest absolute Gasteiger partial charge is 0.481 e. The summed E-state index contributed by atoms with van der Waals surface area (Å²) in [5, 5.41) is 30.1. The van der Waals surface area contributed by atoms with E-state index < -0.39 is 60.8 Å². The van der Waals surface area contributed by atoms with Crippen LogP contribution >= 0.6 is 0 Å². The second kappa shape index (κ2) is 10.1. The van der Waals surface area contributed by atoms with Gasteiger partial charge in [-0.2, -0.15) is 0 Å². The molecule has 0 aliphatic carbocycles. The van der Waals surface area contributed by atoms with Crippen molar-refractivity contribution in [3.05, 3.63) is 0 Å². The van der Waals surface area contributed by atoms with Gasteiger partial charge in [-0.05, 0) is 6.42 Å². The van der Waals surface area contributed by atoms with E-state index in [1.807, 2.05) is 5.32 Å². The number of carbonyl (C=O) groups is 5. The number of carbonyl (C=O) groups excluding carboxylic acids is 3. The summed E-state index contributed by atoms with van der Waals surface area (Å²) in [6.07, 6.45) is -1.23. The van der Waals surface area contributed by atoms with E-state index in [1.165, 1.54) is 0 Å². The van der Waals surface area contributed by atoms with Crippen LogP contribution in [-0.2, 0) is 24.0 Å². The van der Waals surface area contributed by atoms with Crippen molar-refractivity contribution in [3.8, 4) is 0 Å². The molecule has 0 aliphatic rings. The van der Waals surface area contributed by atoms with Gasteiger partial charge in [-0.3, -0.25) is 19.2 Å². The Morgan fingerprint density at radius 1 is 0.958 bits per heavy atom. The van der Waals surface area contributed by atoms with E-state index in [2.05, 4.69) is 5.32 Å². The Kier molecular flexibility index (Phi) is 8.97. The Labute approximate surface area is 136 Å².